The van der Waals surface area contributed by atoms with E-state index in [4.69, 9.17) is 9.47 Å². The normalized spacial score (nSPS) is 10.7. The lowest BCUT2D eigenvalue weighted by Gasteiger charge is -2.09. The Morgan fingerprint density at radius 1 is 0.426 bits per heavy atom. The van der Waals surface area contributed by atoms with Gasteiger partial charge in [0.15, 0.2) is 11.6 Å². The van der Waals surface area contributed by atoms with Crippen LogP contribution in [0.2, 0.25) is 0 Å². The van der Waals surface area contributed by atoms with E-state index in [1.54, 1.807) is 48.5 Å². The molecule has 4 aromatic carbocycles. The number of ketones is 2. The van der Waals surface area contributed by atoms with E-state index in [1.807, 2.05) is 36.4 Å². The molecule has 292 valence electrons. The molecule has 4 aromatic rings. The SMILES string of the molecule is CCCCCCCCCCCCOc1ccc(C(=O)c2ccccc2)c(O)c1.CCCCCCCCCCOc1ccc(C(=O)c2ccccc2)c(O)c1. The molecule has 0 aromatic heterocycles. The van der Waals surface area contributed by atoms with Crippen molar-refractivity contribution in [2.24, 2.45) is 0 Å². The van der Waals surface area contributed by atoms with Gasteiger partial charge < -0.3 is 19.7 Å². The molecule has 0 bridgehead atoms. The van der Waals surface area contributed by atoms with Crippen LogP contribution in [-0.2, 0) is 0 Å². The molecule has 6 heteroatoms. The molecule has 0 atom stereocenters. The average Bonchev–Trinajstić information content (AvgIpc) is 3.20. The van der Waals surface area contributed by atoms with Crippen LogP contribution in [0.15, 0.2) is 97.1 Å². The molecule has 0 saturated heterocycles. The molecule has 2 N–H and O–H groups in total. The minimum Gasteiger partial charge on any atom is -0.507 e. The van der Waals surface area contributed by atoms with Crippen molar-refractivity contribution in [1.82, 2.24) is 0 Å². The highest BCUT2D eigenvalue weighted by atomic mass is 16.5. The van der Waals surface area contributed by atoms with Gasteiger partial charge in [-0.3, -0.25) is 9.59 Å². The van der Waals surface area contributed by atoms with Gasteiger partial charge in [-0.05, 0) is 37.1 Å². The van der Waals surface area contributed by atoms with E-state index in [0.29, 0.717) is 47.0 Å². The maximum Gasteiger partial charge on any atom is 0.196 e. The minimum absolute atomic E-state index is 0.0329. The maximum absolute atomic E-state index is 12.4. The van der Waals surface area contributed by atoms with Crippen molar-refractivity contribution in [1.29, 1.82) is 0 Å². The van der Waals surface area contributed by atoms with Gasteiger partial charge in [0.2, 0.25) is 0 Å². The van der Waals surface area contributed by atoms with Crippen LogP contribution in [0, 0.1) is 0 Å². The average molecular weight is 737 g/mol. The van der Waals surface area contributed by atoms with Gasteiger partial charge >= 0.3 is 0 Å². The van der Waals surface area contributed by atoms with Crippen LogP contribution < -0.4 is 9.47 Å². The number of benzene rings is 4. The molecule has 0 spiro atoms. The Morgan fingerprint density at radius 2 is 0.741 bits per heavy atom. The lowest BCUT2D eigenvalue weighted by molar-refractivity contribution is 0.102. The highest BCUT2D eigenvalue weighted by Gasteiger charge is 2.15. The molecule has 6 nitrogen and oxygen atoms in total. The molecule has 0 heterocycles. The molecular formula is C48H64O6. The number of hydrogen-bond donors (Lipinski definition) is 2. The van der Waals surface area contributed by atoms with Crippen LogP contribution in [0.1, 0.15) is 161 Å². The smallest absolute Gasteiger partial charge is 0.196 e. The van der Waals surface area contributed by atoms with Gasteiger partial charge in [0.25, 0.3) is 0 Å². The van der Waals surface area contributed by atoms with Crippen molar-refractivity contribution in [3.8, 4) is 23.0 Å². The van der Waals surface area contributed by atoms with Gasteiger partial charge in [0.05, 0.1) is 24.3 Å². The summed E-state index contributed by atoms with van der Waals surface area (Å²) in [6.45, 7) is 5.77. The van der Waals surface area contributed by atoms with Gasteiger partial charge in [0.1, 0.15) is 23.0 Å². The maximum atomic E-state index is 12.4. The molecule has 0 amide bonds. The Hall–Kier alpha value is -4.58. The Balaban J connectivity index is 0.000000291. The highest BCUT2D eigenvalue weighted by molar-refractivity contribution is 6.11. The van der Waals surface area contributed by atoms with Gasteiger partial charge in [0, 0.05) is 23.3 Å². The van der Waals surface area contributed by atoms with Crippen LogP contribution in [0.5, 0.6) is 23.0 Å². The summed E-state index contributed by atoms with van der Waals surface area (Å²) in [7, 11) is 0. The third kappa shape index (κ3) is 17.0. The third-order valence-corrected chi connectivity index (χ3v) is 9.53. The van der Waals surface area contributed by atoms with E-state index in [2.05, 4.69) is 13.8 Å². The van der Waals surface area contributed by atoms with E-state index in [1.165, 1.54) is 115 Å². The van der Waals surface area contributed by atoms with E-state index in [0.717, 1.165) is 12.8 Å². The summed E-state index contributed by atoms with van der Waals surface area (Å²) in [5.41, 5.74) is 1.74. The zero-order chi connectivity index (χ0) is 38.6. The topological polar surface area (TPSA) is 93.1 Å². The van der Waals surface area contributed by atoms with E-state index >= 15 is 0 Å². The zero-order valence-electron chi connectivity index (χ0n) is 32.9. The van der Waals surface area contributed by atoms with Crippen LogP contribution in [0.4, 0.5) is 0 Å². The summed E-state index contributed by atoms with van der Waals surface area (Å²) in [6, 6.07) is 27.8. The van der Waals surface area contributed by atoms with Crippen LogP contribution in [0.3, 0.4) is 0 Å². The Bertz CT molecular complexity index is 1600. The van der Waals surface area contributed by atoms with E-state index < -0.39 is 0 Å². The number of unbranched alkanes of at least 4 members (excludes halogenated alkanes) is 16. The molecule has 0 saturated carbocycles. The summed E-state index contributed by atoms with van der Waals surface area (Å²) in [4.78, 5) is 24.8. The number of hydrogen-bond acceptors (Lipinski definition) is 6. The predicted molar refractivity (Wildman–Crippen MR) is 221 cm³/mol. The lowest BCUT2D eigenvalue weighted by atomic mass is 10.0. The second-order valence-electron chi connectivity index (χ2n) is 14.1. The summed E-state index contributed by atoms with van der Waals surface area (Å²) in [5.74, 6) is 0.784. The van der Waals surface area contributed by atoms with Crippen molar-refractivity contribution < 1.29 is 29.3 Å². The largest absolute Gasteiger partial charge is 0.507 e. The van der Waals surface area contributed by atoms with Crippen molar-refractivity contribution in [3.63, 3.8) is 0 Å². The fourth-order valence-corrected chi connectivity index (χ4v) is 6.28. The van der Waals surface area contributed by atoms with Crippen LogP contribution in [-0.4, -0.2) is 35.0 Å². The first kappa shape index (κ1) is 43.8. The summed E-state index contributed by atoms with van der Waals surface area (Å²) >= 11 is 0. The van der Waals surface area contributed by atoms with Crippen molar-refractivity contribution in [3.05, 3.63) is 119 Å². The van der Waals surface area contributed by atoms with Crippen LogP contribution in [0.25, 0.3) is 0 Å². The first-order chi connectivity index (χ1) is 26.4. The molecule has 0 fully saturated rings. The van der Waals surface area contributed by atoms with Crippen molar-refractivity contribution in [2.45, 2.75) is 129 Å². The molecule has 0 unspecified atom stereocenters. The quantitative estimate of drug-likeness (QED) is 0.0492. The third-order valence-electron chi connectivity index (χ3n) is 9.53. The predicted octanol–water partition coefficient (Wildman–Crippen LogP) is 13.1. The zero-order valence-corrected chi connectivity index (χ0v) is 32.9. The molecule has 0 aliphatic carbocycles. The first-order valence-electron chi connectivity index (χ1n) is 20.6. The summed E-state index contributed by atoms with van der Waals surface area (Å²) in [5, 5.41) is 20.4. The van der Waals surface area contributed by atoms with Gasteiger partial charge in [-0.1, -0.05) is 177 Å². The Labute approximate surface area is 325 Å². The number of carbonyl (C=O) groups excluding carboxylic acids is 2. The minimum atomic E-state index is -0.183. The van der Waals surface area contributed by atoms with Crippen LogP contribution >= 0.6 is 0 Å². The Kier molecular flexibility index (Phi) is 22.0. The molecule has 0 aliphatic heterocycles. The van der Waals surface area contributed by atoms with E-state index in [9.17, 15) is 19.8 Å². The first-order valence-corrected chi connectivity index (χ1v) is 20.6. The van der Waals surface area contributed by atoms with Gasteiger partial charge in [-0.25, -0.2) is 0 Å². The molecule has 0 aliphatic rings. The number of carbonyl (C=O) groups is 2. The fourth-order valence-electron chi connectivity index (χ4n) is 6.28. The van der Waals surface area contributed by atoms with Crippen molar-refractivity contribution >= 4 is 11.6 Å². The summed E-state index contributed by atoms with van der Waals surface area (Å²) in [6.07, 6.45) is 22.9. The van der Waals surface area contributed by atoms with E-state index in [-0.39, 0.29) is 23.1 Å². The molecule has 4 rings (SSSR count). The monoisotopic (exact) mass is 736 g/mol. The fraction of sp³-hybridized carbons (Fsp3) is 0.458. The second-order valence-corrected chi connectivity index (χ2v) is 14.1. The number of phenols is 2. The molecule has 54 heavy (non-hydrogen) atoms. The summed E-state index contributed by atoms with van der Waals surface area (Å²) < 4.78 is 11.4. The van der Waals surface area contributed by atoms with Gasteiger partial charge in [-0.2, -0.15) is 0 Å². The van der Waals surface area contributed by atoms with Gasteiger partial charge in [-0.15, -0.1) is 0 Å². The lowest BCUT2D eigenvalue weighted by Crippen LogP contribution is -2.02. The Morgan fingerprint density at radius 3 is 1.06 bits per heavy atom. The second kappa shape index (κ2) is 27.1. The number of rotatable bonds is 26. The highest BCUT2D eigenvalue weighted by Crippen LogP contribution is 2.27. The van der Waals surface area contributed by atoms with Crippen molar-refractivity contribution in [2.75, 3.05) is 13.2 Å². The number of ether oxygens (including phenoxy) is 2. The molecule has 0 radical (unpaired) electrons. The standard InChI is InChI=1S/C25H34O3.C23H30O3/c1-2-3-4-5-6-7-8-9-10-14-19-28-22-17-18-23(24(26)20-22)25(27)21-15-12-11-13-16-21;1-2-3-4-5-6-7-8-12-17-26-20-15-16-21(22(24)18-20)23(25)19-13-10-9-11-14-19/h11-13,15-18,20,26H,2-10,14,19H2,1H3;9-11,13-16,18,24H,2-8,12,17H2,1H3. The molecular weight excluding hydrogens is 673 g/mol. The number of aromatic hydroxyl groups is 2. The number of phenolic OH excluding ortho intramolecular Hbond substituents is 2.